The van der Waals surface area contributed by atoms with E-state index in [1.165, 1.54) is 4.90 Å². The zero-order valence-electron chi connectivity index (χ0n) is 21.6. The number of nitrogens with zero attached hydrogens (tertiary/aromatic N) is 2. The molecule has 1 fully saturated rings. The molecule has 1 aliphatic heterocycles. The molecule has 1 aromatic heterocycles. The van der Waals surface area contributed by atoms with E-state index < -0.39 is 17.7 Å². The van der Waals surface area contributed by atoms with Crippen molar-refractivity contribution in [3.63, 3.8) is 0 Å². The Labute approximate surface area is 217 Å². The molecule has 2 heterocycles. The summed E-state index contributed by atoms with van der Waals surface area (Å²) in [6.07, 6.45) is 3.29. The van der Waals surface area contributed by atoms with Crippen LogP contribution in [0.2, 0.25) is 0 Å². The predicted molar refractivity (Wildman–Crippen MR) is 141 cm³/mol. The van der Waals surface area contributed by atoms with Gasteiger partial charge in [0.1, 0.15) is 17.3 Å². The van der Waals surface area contributed by atoms with E-state index in [0.29, 0.717) is 41.8 Å². The number of benzene rings is 2. The molecule has 1 N–H and O–H groups in total. The lowest BCUT2D eigenvalue weighted by Crippen LogP contribution is -2.29. The van der Waals surface area contributed by atoms with Crippen LogP contribution in [0.4, 0.5) is 0 Å². The van der Waals surface area contributed by atoms with Crippen molar-refractivity contribution in [3.8, 4) is 11.5 Å². The van der Waals surface area contributed by atoms with Gasteiger partial charge in [0, 0.05) is 24.5 Å². The molecule has 0 spiro atoms. The molecule has 1 unspecified atom stereocenters. The van der Waals surface area contributed by atoms with Crippen molar-refractivity contribution in [2.24, 2.45) is 5.92 Å². The first-order valence-electron chi connectivity index (χ1n) is 12.4. The van der Waals surface area contributed by atoms with Crippen LogP contribution in [-0.2, 0) is 16.1 Å². The lowest BCUT2D eigenvalue weighted by Gasteiger charge is -2.26. The third-order valence-electron chi connectivity index (χ3n) is 6.15. The Morgan fingerprint density at radius 1 is 1.05 bits per heavy atom. The van der Waals surface area contributed by atoms with Crippen molar-refractivity contribution in [1.82, 2.24) is 9.88 Å². The normalized spacial score (nSPS) is 16.9. The number of amides is 1. The second-order valence-electron chi connectivity index (χ2n) is 9.47. The molecule has 1 aliphatic rings. The first kappa shape index (κ1) is 25.9. The fraction of sp³-hybridized carbons (Fsp3) is 0.300. The molecular formula is C30H32N2O5. The predicted octanol–water partition coefficient (Wildman–Crippen LogP) is 5.45. The van der Waals surface area contributed by atoms with Gasteiger partial charge in [0.25, 0.3) is 11.7 Å². The molecule has 0 radical (unpaired) electrons. The highest BCUT2D eigenvalue weighted by Crippen LogP contribution is 2.41. The van der Waals surface area contributed by atoms with E-state index in [2.05, 4.69) is 18.8 Å². The fourth-order valence-electron chi connectivity index (χ4n) is 4.38. The lowest BCUT2D eigenvalue weighted by atomic mass is 9.94. The Morgan fingerprint density at radius 2 is 1.81 bits per heavy atom. The summed E-state index contributed by atoms with van der Waals surface area (Å²) >= 11 is 0. The summed E-state index contributed by atoms with van der Waals surface area (Å²) in [5.41, 5.74) is 2.81. The van der Waals surface area contributed by atoms with Gasteiger partial charge in [0.15, 0.2) is 0 Å². The highest BCUT2D eigenvalue weighted by molar-refractivity contribution is 6.46. The van der Waals surface area contributed by atoms with Crippen LogP contribution in [0, 0.1) is 12.8 Å². The van der Waals surface area contributed by atoms with Crippen molar-refractivity contribution < 1.29 is 24.2 Å². The Morgan fingerprint density at radius 3 is 2.49 bits per heavy atom. The maximum absolute atomic E-state index is 13.4. The van der Waals surface area contributed by atoms with Crippen LogP contribution in [0.5, 0.6) is 11.5 Å². The second-order valence-corrected chi connectivity index (χ2v) is 9.47. The number of carbonyl (C=O) groups is 2. The fourth-order valence-corrected chi connectivity index (χ4v) is 4.38. The highest BCUT2D eigenvalue weighted by Gasteiger charge is 2.46. The number of aliphatic hydroxyl groups is 1. The minimum Gasteiger partial charge on any atom is -0.507 e. The number of rotatable bonds is 9. The average molecular weight is 501 g/mol. The van der Waals surface area contributed by atoms with Gasteiger partial charge in [-0.1, -0.05) is 26.0 Å². The molecule has 7 heteroatoms. The quantitative estimate of drug-likeness (QED) is 0.239. The maximum atomic E-state index is 13.4. The van der Waals surface area contributed by atoms with E-state index in [1.807, 2.05) is 38.1 Å². The number of hydrogen-bond donors (Lipinski definition) is 1. The molecule has 1 atom stereocenters. The van der Waals surface area contributed by atoms with Crippen molar-refractivity contribution in [3.05, 3.63) is 94.8 Å². The van der Waals surface area contributed by atoms with Gasteiger partial charge in [-0.05, 0) is 78.9 Å². The number of aromatic nitrogens is 1. The van der Waals surface area contributed by atoms with E-state index in [1.54, 1.807) is 42.7 Å². The smallest absolute Gasteiger partial charge is 0.295 e. The van der Waals surface area contributed by atoms with E-state index in [0.717, 1.165) is 11.1 Å². The second kappa shape index (κ2) is 11.3. The number of Topliss-reactive ketones (excluding diaryl/α,β-unsaturated/α-hetero) is 1. The number of aryl methyl sites for hydroxylation is 1. The van der Waals surface area contributed by atoms with Gasteiger partial charge in [-0.25, -0.2) is 0 Å². The summed E-state index contributed by atoms with van der Waals surface area (Å²) in [5.74, 6) is 0.0570. The molecule has 7 nitrogen and oxygen atoms in total. The summed E-state index contributed by atoms with van der Waals surface area (Å²) in [4.78, 5) is 32.2. The van der Waals surface area contributed by atoms with E-state index in [9.17, 15) is 14.7 Å². The van der Waals surface area contributed by atoms with E-state index in [4.69, 9.17) is 9.47 Å². The zero-order valence-corrected chi connectivity index (χ0v) is 21.6. The standard InChI is InChI=1S/C30H32N2O5/c1-5-36-25-10-9-23(15-20(25)4)28(33)26-27(22-7-6-8-24(16-22)37-18-19(2)3)32(30(35)29(26)34)17-21-11-13-31-14-12-21/h6-16,19,27,33H,5,17-18H2,1-4H3/b28-26+. The number of likely N-dealkylation sites (tertiary alicyclic amines) is 1. The number of pyridine rings is 1. The molecular weight excluding hydrogens is 468 g/mol. The van der Waals surface area contributed by atoms with Gasteiger partial charge in [0.2, 0.25) is 0 Å². The Bertz CT molecular complexity index is 1320. The SMILES string of the molecule is CCOc1ccc(/C(O)=C2\C(=O)C(=O)N(Cc3ccncc3)C2c2cccc(OCC(C)C)c2)cc1C. The van der Waals surface area contributed by atoms with Crippen molar-refractivity contribution in [1.29, 1.82) is 0 Å². The summed E-state index contributed by atoms with van der Waals surface area (Å²) in [6, 6.07) is 15.4. The van der Waals surface area contributed by atoms with Crippen LogP contribution in [0.1, 0.15) is 49.1 Å². The first-order valence-corrected chi connectivity index (χ1v) is 12.4. The molecule has 0 saturated carbocycles. The first-order chi connectivity index (χ1) is 17.8. The van der Waals surface area contributed by atoms with Crippen LogP contribution >= 0.6 is 0 Å². The highest BCUT2D eigenvalue weighted by atomic mass is 16.5. The minimum atomic E-state index is -0.789. The van der Waals surface area contributed by atoms with Gasteiger partial charge in [-0.15, -0.1) is 0 Å². The van der Waals surface area contributed by atoms with Gasteiger partial charge in [0.05, 0.1) is 24.8 Å². The molecule has 192 valence electrons. The van der Waals surface area contributed by atoms with Crippen LogP contribution < -0.4 is 9.47 Å². The maximum Gasteiger partial charge on any atom is 0.295 e. The summed E-state index contributed by atoms with van der Waals surface area (Å²) in [7, 11) is 0. The topological polar surface area (TPSA) is 89.0 Å². The minimum absolute atomic E-state index is 0.0450. The number of carbonyl (C=O) groups excluding carboxylic acids is 2. The molecule has 37 heavy (non-hydrogen) atoms. The molecule has 4 rings (SSSR count). The van der Waals surface area contributed by atoms with Gasteiger partial charge in [-0.2, -0.15) is 0 Å². The van der Waals surface area contributed by atoms with E-state index >= 15 is 0 Å². The van der Waals surface area contributed by atoms with Crippen LogP contribution in [0.3, 0.4) is 0 Å². The Hall–Kier alpha value is -4.13. The largest absolute Gasteiger partial charge is 0.507 e. The number of ketones is 1. The van der Waals surface area contributed by atoms with Crippen LogP contribution in [0.15, 0.2) is 72.6 Å². The van der Waals surface area contributed by atoms with Crippen molar-refractivity contribution in [2.45, 2.75) is 40.3 Å². The average Bonchev–Trinajstić information content (AvgIpc) is 3.14. The van der Waals surface area contributed by atoms with Crippen LogP contribution in [-0.4, -0.2) is 39.9 Å². The summed E-state index contributed by atoms with van der Waals surface area (Å²) in [6.45, 7) is 9.13. The molecule has 0 aliphatic carbocycles. The Balaban J connectivity index is 1.82. The monoisotopic (exact) mass is 500 g/mol. The summed E-state index contributed by atoms with van der Waals surface area (Å²) < 4.78 is 11.5. The lowest BCUT2D eigenvalue weighted by molar-refractivity contribution is -0.140. The number of aliphatic hydroxyl groups excluding tert-OH is 1. The molecule has 2 aromatic carbocycles. The third-order valence-corrected chi connectivity index (χ3v) is 6.15. The number of hydrogen-bond acceptors (Lipinski definition) is 6. The van der Waals surface area contributed by atoms with Gasteiger partial charge >= 0.3 is 0 Å². The van der Waals surface area contributed by atoms with Crippen LogP contribution in [0.25, 0.3) is 5.76 Å². The van der Waals surface area contributed by atoms with Gasteiger partial charge in [-0.3, -0.25) is 14.6 Å². The van der Waals surface area contributed by atoms with Crippen molar-refractivity contribution in [2.75, 3.05) is 13.2 Å². The van der Waals surface area contributed by atoms with Crippen molar-refractivity contribution >= 4 is 17.4 Å². The Kier molecular flexibility index (Phi) is 7.92. The zero-order chi connectivity index (χ0) is 26.5. The molecule has 1 saturated heterocycles. The summed E-state index contributed by atoms with van der Waals surface area (Å²) in [5, 5.41) is 11.4. The van der Waals surface area contributed by atoms with Gasteiger partial charge < -0.3 is 19.5 Å². The molecule has 0 bridgehead atoms. The molecule has 1 amide bonds. The third kappa shape index (κ3) is 5.66. The van der Waals surface area contributed by atoms with E-state index in [-0.39, 0.29) is 17.9 Å². The number of ether oxygens (including phenoxy) is 2. The molecule has 3 aromatic rings.